The van der Waals surface area contributed by atoms with E-state index in [2.05, 4.69) is 15.5 Å². The van der Waals surface area contributed by atoms with Gasteiger partial charge in [-0.15, -0.1) is 11.3 Å². The molecule has 0 spiro atoms. The van der Waals surface area contributed by atoms with Crippen molar-refractivity contribution in [1.29, 1.82) is 0 Å². The minimum absolute atomic E-state index is 0.145. The number of anilines is 1. The van der Waals surface area contributed by atoms with E-state index in [1.54, 1.807) is 35.7 Å². The topological polar surface area (TPSA) is 87.7 Å². The van der Waals surface area contributed by atoms with Crippen LogP contribution in [0.3, 0.4) is 0 Å². The predicted molar refractivity (Wildman–Crippen MR) is 103 cm³/mol. The molecule has 0 atom stereocenters. The average Bonchev–Trinajstić information content (AvgIpc) is 3.11. The highest BCUT2D eigenvalue weighted by Crippen LogP contribution is 2.25. The van der Waals surface area contributed by atoms with Crippen molar-refractivity contribution in [3.8, 4) is 17.0 Å². The minimum atomic E-state index is -0.432. The summed E-state index contributed by atoms with van der Waals surface area (Å²) >= 11 is 1.32. The van der Waals surface area contributed by atoms with E-state index >= 15 is 0 Å². The van der Waals surface area contributed by atoms with E-state index < -0.39 is 5.63 Å². The molecule has 0 bridgehead atoms. The van der Waals surface area contributed by atoms with Crippen molar-refractivity contribution in [3.05, 3.63) is 76.0 Å². The van der Waals surface area contributed by atoms with Gasteiger partial charge in [0.05, 0.1) is 17.5 Å². The first-order valence-electron chi connectivity index (χ1n) is 7.76. The van der Waals surface area contributed by atoms with Crippen molar-refractivity contribution >= 4 is 33.7 Å². The van der Waals surface area contributed by atoms with Crippen molar-refractivity contribution in [2.24, 2.45) is 5.10 Å². The number of thiazole rings is 1. The Morgan fingerprint density at radius 3 is 2.85 bits per heavy atom. The first-order chi connectivity index (χ1) is 12.7. The third kappa shape index (κ3) is 3.20. The highest BCUT2D eigenvalue weighted by atomic mass is 32.1. The number of aromatic hydroxyl groups is 1. The van der Waals surface area contributed by atoms with Crippen LogP contribution in [-0.4, -0.2) is 16.3 Å². The number of benzene rings is 2. The maximum absolute atomic E-state index is 12.2. The zero-order chi connectivity index (χ0) is 17.9. The Labute approximate surface area is 152 Å². The standard InChI is InChI=1S/C19H13N3O3S/c23-16-7-3-1-6-13(16)10-20-22-19-21-15(11-26-19)14-9-12-5-2-4-8-17(12)25-18(14)24/h1-11,23H,(H,21,22)/b20-10+. The van der Waals surface area contributed by atoms with Gasteiger partial charge in [-0.05, 0) is 24.3 Å². The van der Waals surface area contributed by atoms with Crippen molar-refractivity contribution in [3.63, 3.8) is 0 Å². The molecule has 0 amide bonds. The summed E-state index contributed by atoms with van der Waals surface area (Å²) < 4.78 is 5.34. The normalized spacial score (nSPS) is 11.2. The van der Waals surface area contributed by atoms with Crippen LogP contribution in [0.15, 0.2) is 74.3 Å². The number of nitrogens with zero attached hydrogens (tertiary/aromatic N) is 2. The van der Waals surface area contributed by atoms with Crippen LogP contribution in [0.2, 0.25) is 0 Å². The number of aromatic nitrogens is 1. The molecule has 4 rings (SSSR count). The lowest BCUT2D eigenvalue weighted by Gasteiger charge is -1.99. The Balaban J connectivity index is 1.58. The summed E-state index contributed by atoms with van der Waals surface area (Å²) in [6, 6.07) is 16.0. The summed E-state index contributed by atoms with van der Waals surface area (Å²) in [6.07, 6.45) is 1.50. The molecule has 0 fully saturated rings. The lowest BCUT2D eigenvalue weighted by Crippen LogP contribution is -2.02. The Morgan fingerprint density at radius 2 is 1.96 bits per heavy atom. The number of hydrogen-bond donors (Lipinski definition) is 2. The van der Waals surface area contributed by atoms with Crippen LogP contribution in [0.4, 0.5) is 5.13 Å². The molecule has 4 aromatic rings. The first kappa shape index (κ1) is 16.0. The van der Waals surface area contributed by atoms with Crippen LogP contribution in [0, 0.1) is 0 Å². The number of para-hydroxylation sites is 2. The summed E-state index contributed by atoms with van der Waals surface area (Å²) in [6.45, 7) is 0. The van der Waals surface area contributed by atoms with E-state index in [1.165, 1.54) is 17.6 Å². The van der Waals surface area contributed by atoms with Gasteiger partial charge in [0.15, 0.2) is 0 Å². The third-order valence-corrected chi connectivity index (χ3v) is 4.47. The van der Waals surface area contributed by atoms with E-state index in [1.807, 2.05) is 24.3 Å². The van der Waals surface area contributed by atoms with Gasteiger partial charge in [0, 0.05) is 16.3 Å². The molecule has 2 heterocycles. The van der Waals surface area contributed by atoms with Crippen molar-refractivity contribution in [1.82, 2.24) is 4.98 Å². The van der Waals surface area contributed by atoms with Gasteiger partial charge in [-0.2, -0.15) is 5.10 Å². The molecule has 0 aliphatic heterocycles. The molecule has 0 aliphatic rings. The summed E-state index contributed by atoms with van der Waals surface area (Å²) in [5.41, 5.74) is 4.43. The Bertz CT molecular complexity index is 1160. The monoisotopic (exact) mass is 363 g/mol. The fourth-order valence-electron chi connectivity index (χ4n) is 2.44. The molecule has 2 aromatic carbocycles. The second-order valence-corrected chi connectivity index (χ2v) is 6.31. The summed E-state index contributed by atoms with van der Waals surface area (Å²) in [7, 11) is 0. The van der Waals surface area contributed by atoms with Crippen LogP contribution in [-0.2, 0) is 0 Å². The number of hydrazone groups is 1. The summed E-state index contributed by atoms with van der Waals surface area (Å²) in [4.78, 5) is 16.6. The van der Waals surface area contributed by atoms with Crippen molar-refractivity contribution in [2.45, 2.75) is 0 Å². The molecule has 26 heavy (non-hydrogen) atoms. The fourth-order valence-corrected chi connectivity index (χ4v) is 3.10. The lowest BCUT2D eigenvalue weighted by molar-refractivity contribution is 0.474. The van der Waals surface area contributed by atoms with Gasteiger partial charge in [-0.3, -0.25) is 5.43 Å². The fraction of sp³-hybridized carbons (Fsp3) is 0. The molecule has 128 valence electrons. The molecule has 0 aliphatic carbocycles. The van der Waals surface area contributed by atoms with Crippen molar-refractivity contribution in [2.75, 3.05) is 5.43 Å². The number of phenolic OH excluding ortho intramolecular Hbond substituents is 1. The van der Waals surface area contributed by atoms with E-state index in [9.17, 15) is 9.90 Å². The molecule has 7 heteroatoms. The Kier molecular flexibility index (Phi) is 4.20. The van der Waals surface area contributed by atoms with E-state index in [0.717, 1.165) is 5.39 Å². The predicted octanol–water partition coefficient (Wildman–Crippen LogP) is 4.07. The van der Waals surface area contributed by atoms with Gasteiger partial charge in [-0.1, -0.05) is 30.3 Å². The third-order valence-electron chi connectivity index (χ3n) is 3.72. The molecular formula is C19H13N3O3S. The quantitative estimate of drug-likeness (QED) is 0.324. The second-order valence-electron chi connectivity index (χ2n) is 5.45. The number of hydrogen-bond acceptors (Lipinski definition) is 7. The van der Waals surface area contributed by atoms with Crippen molar-refractivity contribution < 1.29 is 9.52 Å². The van der Waals surface area contributed by atoms with E-state index in [4.69, 9.17) is 4.42 Å². The molecular weight excluding hydrogens is 350 g/mol. The Hall–Kier alpha value is -3.45. The van der Waals surface area contributed by atoms with E-state index in [0.29, 0.717) is 27.5 Å². The van der Waals surface area contributed by atoms with Gasteiger partial charge in [0.25, 0.3) is 0 Å². The summed E-state index contributed by atoms with van der Waals surface area (Å²) in [5.74, 6) is 0.145. The van der Waals surface area contributed by atoms with Gasteiger partial charge in [0.2, 0.25) is 5.13 Å². The first-order valence-corrected chi connectivity index (χ1v) is 8.64. The maximum Gasteiger partial charge on any atom is 0.345 e. The molecule has 6 nitrogen and oxygen atoms in total. The van der Waals surface area contributed by atoms with E-state index in [-0.39, 0.29) is 5.75 Å². The number of rotatable bonds is 4. The average molecular weight is 363 g/mol. The second kappa shape index (κ2) is 6.81. The molecule has 0 saturated carbocycles. The largest absolute Gasteiger partial charge is 0.507 e. The molecule has 0 unspecified atom stereocenters. The maximum atomic E-state index is 12.2. The van der Waals surface area contributed by atoms with Crippen LogP contribution in [0.1, 0.15) is 5.56 Å². The highest BCUT2D eigenvalue weighted by Gasteiger charge is 2.11. The minimum Gasteiger partial charge on any atom is -0.507 e. The zero-order valence-corrected chi connectivity index (χ0v) is 14.2. The SMILES string of the molecule is O=c1oc2ccccc2cc1-c1csc(N/N=C/c2ccccc2O)n1. The Morgan fingerprint density at radius 1 is 1.15 bits per heavy atom. The molecule has 0 radical (unpaired) electrons. The van der Waals surface area contributed by atoms with Gasteiger partial charge in [-0.25, -0.2) is 9.78 Å². The molecule has 2 aromatic heterocycles. The van der Waals surface area contributed by atoms with Gasteiger partial charge >= 0.3 is 5.63 Å². The van der Waals surface area contributed by atoms with Gasteiger partial charge < -0.3 is 9.52 Å². The number of nitrogens with one attached hydrogen (secondary N) is 1. The highest BCUT2D eigenvalue weighted by molar-refractivity contribution is 7.14. The van der Waals surface area contributed by atoms with Crippen LogP contribution < -0.4 is 11.1 Å². The lowest BCUT2D eigenvalue weighted by atomic mass is 10.1. The smallest absolute Gasteiger partial charge is 0.345 e. The van der Waals surface area contributed by atoms with Crippen LogP contribution >= 0.6 is 11.3 Å². The van der Waals surface area contributed by atoms with Gasteiger partial charge in [0.1, 0.15) is 11.3 Å². The molecule has 2 N–H and O–H groups in total. The zero-order valence-electron chi connectivity index (χ0n) is 13.4. The van der Waals surface area contributed by atoms with Crippen LogP contribution in [0.5, 0.6) is 5.75 Å². The number of fused-ring (bicyclic) bond motifs is 1. The number of phenols is 1. The molecule has 0 saturated heterocycles. The van der Waals surface area contributed by atoms with Crippen LogP contribution in [0.25, 0.3) is 22.2 Å². The summed E-state index contributed by atoms with van der Waals surface area (Å²) in [5, 5.41) is 16.9.